The first-order valence-corrected chi connectivity index (χ1v) is 18.9. The van der Waals surface area contributed by atoms with E-state index in [-0.39, 0.29) is 0 Å². The van der Waals surface area contributed by atoms with Crippen LogP contribution in [0, 0.1) is 0 Å². The Labute approximate surface area is 319 Å². The predicted molar refractivity (Wildman–Crippen MR) is 216 cm³/mol. The van der Waals surface area contributed by atoms with Crippen LogP contribution in [-0.4, -0.2) is 29.8 Å². The van der Waals surface area contributed by atoms with E-state index in [1.54, 1.807) is 0 Å². The molecule has 0 fully saturated rings. The first kappa shape index (κ1) is 34.2. The molecule has 2 heterocycles. The maximum absolute atomic E-state index is 5.07. The third-order valence-corrected chi connectivity index (χ3v) is 10.4. The molecule has 6 aromatic carbocycles. The summed E-state index contributed by atoms with van der Waals surface area (Å²) in [6.45, 7) is 2.97. The molecule has 8 aromatic rings. The van der Waals surface area contributed by atoms with E-state index in [0.717, 1.165) is 80.7 Å². The van der Waals surface area contributed by atoms with Crippen molar-refractivity contribution in [2.24, 2.45) is 0 Å². The molecule has 0 atom stereocenters. The van der Waals surface area contributed by atoms with E-state index in [2.05, 4.69) is 184 Å². The quantitative estimate of drug-likeness (QED) is 0.117. The highest BCUT2D eigenvalue weighted by atomic mass is 79.9. The highest BCUT2D eigenvalue weighted by Crippen LogP contribution is 2.43. The first-order chi connectivity index (χ1) is 26.1. The molecular formula is C46H39BrN6. The number of nitrogens with zero attached hydrogens (tertiary/aromatic N) is 6. The van der Waals surface area contributed by atoms with Crippen LogP contribution in [0.15, 0.2) is 174 Å². The Morgan fingerprint density at radius 1 is 0.604 bits per heavy atom. The topological polar surface area (TPSA) is 61.4 Å². The molecule has 8 rings (SSSR count). The van der Waals surface area contributed by atoms with E-state index in [1.807, 2.05) is 22.9 Å². The second-order valence-corrected chi connectivity index (χ2v) is 14.2. The van der Waals surface area contributed by atoms with Gasteiger partial charge in [-0.3, -0.25) is 0 Å². The van der Waals surface area contributed by atoms with Gasteiger partial charge in [0.05, 0.1) is 5.69 Å². The number of aromatic nitrogens is 6. The lowest BCUT2D eigenvalue weighted by Crippen LogP contribution is -2.39. The molecule has 0 N–H and O–H groups in total. The minimum Gasteiger partial charge on any atom is -0.330 e. The van der Waals surface area contributed by atoms with Crippen LogP contribution in [0.5, 0.6) is 0 Å². The van der Waals surface area contributed by atoms with Crippen LogP contribution >= 0.6 is 15.9 Å². The van der Waals surface area contributed by atoms with Crippen molar-refractivity contribution in [2.75, 3.05) is 0 Å². The Hall–Kier alpha value is -5.92. The molecule has 0 aliphatic heterocycles. The summed E-state index contributed by atoms with van der Waals surface area (Å²) in [5.74, 6) is 1.80. The Morgan fingerprint density at radius 3 is 1.74 bits per heavy atom. The minimum absolute atomic E-state index is 0.681. The highest BCUT2D eigenvalue weighted by molar-refractivity contribution is 9.10. The van der Waals surface area contributed by atoms with Crippen molar-refractivity contribution in [3.63, 3.8) is 0 Å². The third-order valence-electron chi connectivity index (χ3n) is 9.90. The summed E-state index contributed by atoms with van der Waals surface area (Å²) >= 11 is 3.56. The summed E-state index contributed by atoms with van der Waals surface area (Å²) in [5.41, 5.74) is 8.79. The largest absolute Gasteiger partial charge is 0.330 e. The van der Waals surface area contributed by atoms with Crippen molar-refractivity contribution < 1.29 is 0 Å². The van der Waals surface area contributed by atoms with Crippen molar-refractivity contribution in [2.45, 2.75) is 38.3 Å². The van der Waals surface area contributed by atoms with E-state index in [9.17, 15) is 0 Å². The Morgan fingerprint density at radius 2 is 1.15 bits per heavy atom. The maximum atomic E-state index is 5.07. The second kappa shape index (κ2) is 15.4. The molecule has 0 radical (unpaired) electrons. The Kier molecular flexibility index (Phi) is 9.91. The van der Waals surface area contributed by atoms with E-state index >= 15 is 0 Å². The van der Waals surface area contributed by atoms with E-state index in [0.29, 0.717) is 5.82 Å². The van der Waals surface area contributed by atoms with Gasteiger partial charge >= 0.3 is 0 Å². The Balaban J connectivity index is 1.19. The minimum atomic E-state index is -0.838. The molecule has 6 nitrogen and oxygen atoms in total. The fourth-order valence-corrected chi connectivity index (χ4v) is 7.55. The Bertz CT molecular complexity index is 2300. The van der Waals surface area contributed by atoms with Crippen LogP contribution in [0.4, 0.5) is 0 Å². The summed E-state index contributed by atoms with van der Waals surface area (Å²) in [5, 5.41) is 13.9. The molecule has 0 amide bonds. The van der Waals surface area contributed by atoms with Gasteiger partial charge in [0.25, 0.3) is 0 Å². The van der Waals surface area contributed by atoms with E-state index < -0.39 is 5.54 Å². The van der Waals surface area contributed by atoms with Crippen molar-refractivity contribution in [3.8, 4) is 33.8 Å². The van der Waals surface area contributed by atoms with Crippen molar-refractivity contribution >= 4 is 15.9 Å². The third kappa shape index (κ3) is 6.76. The summed E-state index contributed by atoms with van der Waals surface area (Å²) < 4.78 is 5.37. The second-order valence-electron chi connectivity index (χ2n) is 13.2. The predicted octanol–water partition coefficient (Wildman–Crippen LogP) is 10.9. The van der Waals surface area contributed by atoms with E-state index in [1.165, 1.54) is 5.56 Å². The van der Waals surface area contributed by atoms with Crippen molar-refractivity contribution in [3.05, 3.63) is 203 Å². The van der Waals surface area contributed by atoms with Gasteiger partial charge in [-0.05, 0) is 62.4 Å². The van der Waals surface area contributed by atoms with Gasteiger partial charge in [0, 0.05) is 34.8 Å². The summed E-state index contributed by atoms with van der Waals surface area (Å²) in [6.07, 6.45) is 5.37. The van der Waals surface area contributed by atoms with E-state index in [4.69, 9.17) is 15.3 Å². The number of hydrogen-bond acceptors (Lipinski definition) is 4. The molecule has 0 saturated heterocycles. The smallest absolute Gasteiger partial charge is 0.184 e. The zero-order valence-electron chi connectivity index (χ0n) is 29.6. The zero-order chi connectivity index (χ0) is 36.0. The number of aryl methyl sites for hydroxylation is 1. The fourth-order valence-electron chi connectivity index (χ4n) is 7.29. The molecule has 260 valence electrons. The van der Waals surface area contributed by atoms with Crippen LogP contribution in [-0.2, 0) is 18.5 Å². The summed E-state index contributed by atoms with van der Waals surface area (Å²) in [6, 6.07) is 57.2. The van der Waals surface area contributed by atoms with Crippen LogP contribution < -0.4 is 0 Å². The lowest BCUT2D eigenvalue weighted by atomic mass is 9.77. The molecular weight excluding hydrogens is 716 g/mol. The average molecular weight is 756 g/mol. The van der Waals surface area contributed by atoms with Crippen molar-refractivity contribution in [1.82, 2.24) is 29.8 Å². The van der Waals surface area contributed by atoms with Gasteiger partial charge in [-0.2, -0.15) is 0 Å². The molecule has 0 aliphatic carbocycles. The van der Waals surface area contributed by atoms with Gasteiger partial charge in [0.2, 0.25) is 0 Å². The van der Waals surface area contributed by atoms with Gasteiger partial charge in [-0.25, -0.2) is 9.67 Å². The maximum Gasteiger partial charge on any atom is 0.184 e. The van der Waals surface area contributed by atoms with Gasteiger partial charge in [-0.15, -0.1) is 5.10 Å². The van der Waals surface area contributed by atoms with Crippen LogP contribution in [0.3, 0.4) is 0 Å². The monoisotopic (exact) mass is 754 g/mol. The molecule has 0 spiro atoms. The standard InChI is InChI=1S/C46H39BrN6/c1-2-3-23-44-48-43(36-28-30-40(47)31-29-36)33-52(44)32-34-24-26-35(27-25-34)41-21-13-14-22-42(41)45-49-50-51-53(45)46(37-15-7-4-8-16-37,38-17-9-5-10-18-38)39-19-11-6-12-20-39/h4-22,24-31,33H,2-3,23,32H2,1H3. The lowest BCUT2D eigenvalue weighted by Gasteiger charge is -2.36. The summed E-state index contributed by atoms with van der Waals surface area (Å²) in [4.78, 5) is 5.07. The van der Waals surface area contributed by atoms with Crippen LogP contribution in [0.2, 0.25) is 0 Å². The number of rotatable bonds is 12. The SMILES string of the molecule is CCCCc1nc(-c2ccc(Br)cc2)cn1Cc1ccc(-c2ccccc2-c2nnnn2C(c2ccccc2)(c2ccccc2)c2ccccc2)cc1. The fraction of sp³-hybridized carbons (Fsp3) is 0.130. The molecule has 7 heteroatoms. The molecule has 53 heavy (non-hydrogen) atoms. The molecule has 2 aromatic heterocycles. The van der Waals surface area contributed by atoms with Crippen molar-refractivity contribution in [1.29, 1.82) is 0 Å². The number of tetrazole rings is 1. The highest BCUT2D eigenvalue weighted by Gasteiger charge is 2.42. The van der Waals surface area contributed by atoms with Gasteiger partial charge in [0.1, 0.15) is 11.4 Å². The zero-order valence-corrected chi connectivity index (χ0v) is 31.1. The van der Waals surface area contributed by atoms with Gasteiger partial charge < -0.3 is 4.57 Å². The first-order valence-electron chi connectivity index (χ1n) is 18.1. The molecule has 0 unspecified atom stereocenters. The number of unbranched alkanes of at least 4 members (excludes halogenated alkanes) is 1. The van der Waals surface area contributed by atoms with Crippen LogP contribution in [0.1, 0.15) is 47.8 Å². The molecule has 0 aliphatic rings. The van der Waals surface area contributed by atoms with Gasteiger partial charge in [-0.1, -0.05) is 181 Å². The van der Waals surface area contributed by atoms with Gasteiger partial charge in [0.15, 0.2) is 5.82 Å². The molecule has 0 bridgehead atoms. The van der Waals surface area contributed by atoms with Crippen LogP contribution in [0.25, 0.3) is 33.8 Å². The number of halogens is 1. The normalized spacial score (nSPS) is 11.5. The number of benzene rings is 6. The lowest BCUT2D eigenvalue weighted by molar-refractivity contribution is 0.451. The molecule has 0 saturated carbocycles. The number of hydrogen-bond donors (Lipinski definition) is 0. The number of imidazole rings is 1. The average Bonchev–Trinajstić information content (AvgIpc) is 3.87. The summed E-state index contributed by atoms with van der Waals surface area (Å²) in [7, 11) is 0.